The van der Waals surface area contributed by atoms with Crippen LogP contribution in [-0.4, -0.2) is 10.2 Å². The quantitative estimate of drug-likeness (QED) is 0.798. The first kappa shape index (κ1) is 12.5. The SMILES string of the molecule is Oc1ccc(CNc2cccc(Cl)c2F)c(O)c1. The largest absolute Gasteiger partial charge is 0.508 e. The highest BCUT2D eigenvalue weighted by Crippen LogP contribution is 2.25. The Kier molecular flexibility index (Phi) is 3.58. The summed E-state index contributed by atoms with van der Waals surface area (Å²) in [7, 11) is 0. The fraction of sp³-hybridized carbons (Fsp3) is 0.0769. The predicted octanol–water partition coefficient (Wildman–Crippen LogP) is 3.50. The fourth-order valence-electron chi connectivity index (χ4n) is 1.53. The molecule has 94 valence electrons. The number of benzene rings is 2. The van der Waals surface area contributed by atoms with Crippen LogP contribution < -0.4 is 5.32 Å². The van der Waals surface area contributed by atoms with Crippen LogP contribution in [0, 0.1) is 5.82 Å². The normalized spacial score (nSPS) is 10.3. The van der Waals surface area contributed by atoms with Crippen molar-refractivity contribution in [2.45, 2.75) is 6.54 Å². The number of phenolic OH excluding ortho intramolecular Hbond substituents is 2. The van der Waals surface area contributed by atoms with E-state index >= 15 is 0 Å². The van der Waals surface area contributed by atoms with E-state index in [-0.39, 0.29) is 28.8 Å². The van der Waals surface area contributed by atoms with Crippen molar-refractivity contribution < 1.29 is 14.6 Å². The first-order valence-electron chi connectivity index (χ1n) is 5.26. The maximum Gasteiger partial charge on any atom is 0.164 e. The van der Waals surface area contributed by atoms with Crippen molar-refractivity contribution in [1.29, 1.82) is 0 Å². The molecule has 0 saturated heterocycles. The number of aromatic hydroxyl groups is 2. The van der Waals surface area contributed by atoms with Crippen molar-refractivity contribution in [3.05, 3.63) is 52.8 Å². The van der Waals surface area contributed by atoms with Gasteiger partial charge < -0.3 is 15.5 Å². The van der Waals surface area contributed by atoms with E-state index < -0.39 is 5.82 Å². The highest BCUT2D eigenvalue weighted by atomic mass is 35.5. The Balaban J connectivity index is 2.14. The molecule has 0 atom stereocenters. The lowest BCUT2D eigenvalue weighted by atomic mass is 10.2. The van der Waals surface area contributed by atoms with Gasteiger partial charge in [-0.3, -0.25) is 0 Å². The molecule has 0 aromatic heterocycles. The third-order valence-corrected chi connectivity index (χ3v) is 2.78. The summed E-state index contributed by atoms with van der Waals surface area (Å²) < 4.78 is 13.6. The number of hydrogen-bond acceptors (Lipinski definition) is 3. The standard InChI is InChI=1S/C13H11ClFNO2/c14-10-2-1-3-11(13(10)15)16-7-8-4-5-9(17)6-12(8)18/h1-6,16-18H,7H2. The molecule has 0 aliphatic heterocycles. The number of hydrogen-bond donors (Lipinski definition) is 3. The Bertz CT molecular complexity index is 575. The molecule has 3 N–H and O–H groups in total. The van der Waals surface area contributed by atoms with Gasteiger partial charge in [-0.25, -0.2) is 4.39 Å². The van der Waals surface area contributed by atoms with Gasteiger partial charge in [0.25, 0.3) is 0 Å². The summed E-state index contributed by atoms with van der Waals surface area (Å²) in [6, 6.07) is 8.87. The Morgan fingerprint density at radius 2 is 1.94 bits per heavy atom. The molecular weight excluding hydrogens is 257 g/mol. The van der Waals surface area contributed by atoms with Gasteiger partial charge in [0, 0.05) is 18.2 Å². The Morgan fingerprint density at radius 1 is 1.17 bits per heavy atom. The smallest absolute Gasteiger partial charge is 0.164 e. The molecule has 2 aromatic rings. The molecule has 2 aromatic carbocycles. The highest BCUT2D eigenvalue weighted by molar-refractivity contribution is 6.31. The Morgan fingerprint density at radius 3 is 2.67 bits per heavy atom. The summed E-state index contributed by atoms with van der Waals surface area (Å²) in [5.41, 5.74) is 0.808. The molecule has 0 heterocycles. The molecule has 0 saturated carbocycles. The van der Waals surface area contributed by atoms with Crippen LogP contribution in [0.4, 0.5) is 10.1 Å². The van der Waals surface area contributed by atoms with E-state index in [1.54, 1.807) is 18.2 Å². The zero-order valence-electron chi connectivity index (χ0n) is 9.32. The maximum absolute atomic E-state index is 13.6. The van der Waals surface area contributed by atoms with Gasteiger partial charge in [-0.1, -0.05) is 17.7 Å². The van der Waals surface area contributed by atoms with Crippen LogP contribution in [0.2, 0.25) is 5.02 Å². The molecule has 0 unspecified atom stereocenters. The van der Waals surface area contributed by atoms with Crippen LogP contribution in [0.15, 0.2) is 36.4 Å². The van der Waals surface area contributed by atoms with E-state index in [4.69, 9.17) is 16.7 Å². The molecule has 0 fully saturated rings. The molecule has 0 aliphatic rings. The minimum absolute atomic E-state index is 0.0230. The molecule has 0 amide bonds. The highest BCUT2D eigenvalue weighted by Gasteiger charge is 2.07. The summed E-state index contributed by atoms with van der Waals surface area (Å²) in [6.07, 6.45) is 0. The third-order valence-electron chi connectivity index (χ3n) is 2.49. The second-order valence-electron chi connectivity index (χ2n) is 3.77. The molecular formula is C13H11ClFNO2. The number of rotatable bonds is 3. The minimum Gasteiger partial charge on any atom is -0.508 e. The van der Waals surface area contributed by atoms with Crippen molar-refractivity contribution in [3.8, 4) is 11.5 Å². The van der Waals surface area contributed by atoms with E-state index in [0.717, 1.165) is 0 Å². The van der Waals surface area contributed by atoms with E-state index in [0.29, 0.717) is 5.56 Å². The minimum atomic E-state index is -0.530. The van der Waals surface area contributed by atoms with Crippen molar-refractivity contribution in [2.75, 3.05) is 5.32 Å². The van der Waals surface area contributed by atoms with Gasteiger partial charge in [-0.2, -0.15) is 0 Å². The lowest BCUT2D eigenvalue weighted by Crippen LogP contribution is -2.01. The average molecular weight is 268 g/mol. The van der Waals surface area contributed by atoms with Gasteiger partial charge in [-0.15, -0.1) is 0 Å². The van der Waals surface area contributed by atoms with Crippen molar-refractivity contribution in [3.63, 3.8) is 0 Å². The maximum atomic E-state index is 13.6. The number of phenols is 2. The summed E-state index contributed by atoms with van der Waals surface area (Å²) in [5.74, 6) is -0.604. The summed E-state index contributed by atoms with van der Waals surface area (Å²) in [5, 5.41) is 21.6. The van der Waals surface area contributed by atoms with Crippen LogP contribution in [0.1, 0.15) is 5.56 Å². The van der Waals surface area contributed by atoms with Gasteiger partial charge in [0.1, 0.15) is 11.5 Å². The van der Waals surface area contributed by atoms with Gasteiger partial charge in [-0.05, 0) is 24.3 Å². The molecule has 5 heteroatoms. The lowest BCUT2D eigenvalue weighted by molar-refractivity contribution is 0.446. The van der Waals surface area contributed by atoms with Crippen molar-refractivity contribution in [1.82, 2.24) is 0 Å². The number of halogens is 2. The van der Waals surface area contributed by atoms with Gasteiger partial charge in [0.05, 0.1) is 10.7 Å². The monoisotopic (exact) mass is 267 g/mol. The van der Waals surface area contributed by atoms with Crippen LogP contribution in [0.5, 0.6) is 11.5 Å². The van der Waals surface area contributed by atoms with E-state index in [9.17, 15) is 9.50 Å². The first-order valence-corrected chi connectivity index (χ1v) is 5.64. The number of nitrogens with one attached hydrogen (secondary N) is 1. The molecule has 0 radical (unpaired) electrons. The second kappa shape index (κ2) is 5.14. The number of anilines is 1. The summed E-state index contributed by atoms with van der Waals surface area (Å²) in [6.45, 7) is 0.226. The Labute approximate surface area is 108 Å². The van der Waals surface area contributed by atoms with E-state index in [1.807, 2.05) is 0 Å². The Hall–Kier alpha value is -1.94. The summed E-state index contributed by atoms with van der Waals surface area (Å²) in [4.78, 5) is 0. The van der Waals surface area contributed by atoms with Crippen LogP contribution in [0.3, 0.4) is 0 Å². The zero-order chi connectivity index (χ0) is 13.1. The molecule has 18 heavy (non-hydrogen) atoms. The first-order chi connectivity index (χ1) is 8.58. The fourth-order valence-corrected chi connectivity index (χ4v) is 1.71. The molecule has 2 rings (SSSR count). The zero-order valence-corrected chi connectivity index (χ0v) is 10.1. The molecule has 0 bridgehead atoms. The second-order valence-corrected chi connectivity index (χ2v) is 4.18. The van der Waals surface area contributed by atoms with Crippen molar-refractivity contribution in [2.24, 2.45) is 0 Å². The summed E-state index contributed by atoms with van der Waals surface area (Å²) >= 11 is 5.65. The average Bonchev–Trinajstić information content (AvgIpc) is 2.33. The molecule has 3 nitrogen and oxygen atoms in total. The predicted molar refractivity (Wildman–Crippen MR) is 68.5 cm³/mol. The molecule has 0 spiro atoms. The molecule has 0 aliphatic carbocycles. The van der Waals surface area contributed by atoms with Crippen LogP contribution >= 0.6 is 11.6 Å². The van der Waals surface area contributed by atoms with Crippen molar-refractivity contribution >= 4 is 17.3 Å². The van der Waals surface area contributed by atoms with Gasteiger partial charge in [0.15, 0.2) is 5.82 Å². The van der Waals surface area contributed by atoms with Gasteiger partial charge in [0.2, 0.25) is 0 Å². The van der Waals surface area contributed by atoms with E-state index in [1.165, 1.54) is 18.2 Å². The van der Waals surface area contributed by atoms with Gasteiger partial charge >= 0.3 is 0 Å². The van der Waals surface area contributed by atoms with E-state index in [2.05, 4.69) is 5.32 Å². The lowest BCUT2D eigenvalue weighted by Gasteiger charge is -2.09. The third kappa shape index (κ3) is 2.65. The van der Waals surface area contributed by atoms with Crippen LogP contribution in [-0.2, 0) is 6.54 Å². The van der Waals surface area contributed by atoms with Crippen LogP contribution in [0.25, 0.3) is 0 Å². The topological polar surface area (TPSA) is 52.5 Å².